The van der Waals surface area contributed by atoms with E-state index >= 15 is 0 Å². The molecule has 3 heteroatoms. The van der Waals surface area contributed by atoms with Gasteiger partial charge in [0.1, 0.15) is 5.78 Å². The number of allylic oxidation sites excluding steroid dienone is 2. The lowest BCUT2D eigenvalue weighted by molar-refractivity contribution is -0.144. The second-order valence-corrected chi connectivity index (χ2v) is 8.26. The topological polar surface area (TPSA) is 43.4 Å². The number of carbonyl (C=O) groups is 2. The van der Waals surface area contributed by atoms with Crippen LogP contribution >= 0.6 is 0 Å². The fourth-order valence-electron chi connectivity index (χ4n) is 3.59. The molecule has 25 heavy (non-hydrogen) atoms. The molecule has 0 spiro atoms. The van der Waals surface area contributed by atoms with Crippen molar-refractivity contribution in [2.75, 3.05) is 6.61 Å². The zero-order chi connectivity index (χ0) is 18.9. The van der Waals surface area contributed by atoms with Crippen LogP contribution in [0.2, 0.25) is 0 Å². The molecule has 0 N–H and O–H groups in total. The molecule has 1 rings (SSSR count). The van der Waals surface area contributed by atoms with Crippen LogP contribution in [0, 0.1) is 17.3 Å². The van der Waals surface area contributed by atoms with E-state index in [-0.39, 0.29) is 17.7 Å². The van der Waals surface area contributed by atoms with Crippen molar-refractivity contribution in [3.8, 4) is 0 Å². The average Bonchev–Trinajstić information content (AvgIpc) is 2.55. The minimum atomic E-state index is -0.500. The Morgan fingerprint density at radius 3 is 2.72 bits per heavy atom. The number of rotatable bonds is 2. The van der Waals surface area contributed by atoms with Gasteiger partial charge in [-0.1, -0.05) is 44.9 Å². The predicted octanol–water partition coefficient (Wildman–Crippen LogP) is 5.64. The quantitative estimate of drug-likeness (QED) is 0.479. The molecular formula is C22H36O3. The molecule has 0 fully saturated rings. The van der Waals surface area contributed by atoms with Gasteiger partial charge in [-0.3, -0.25) is 9.59 Å². The number of hydrogen-bond donors (Lipinski definition) is 0. The molecule has 0 saturated heterocycles. The summed E-state index contributed by atoms with van der Waals surface area (Å²) in [6, 6.07) is 0. The van der Waals surface area contributed by atoms with E-state index in [2.05, 4.69) is 26.5 Å². The zero-order valence-electron chi connectivity index (χ0n) is 16.6. The molecule has 0 amide bonds. The van der Waals surface area contributed by atoms with E-state index in [0.29, 0.717) is 25.4 Å². The van der Waals surface area contributed by atoms with Gasteiger partial charge in [-0.25, -0.2) is 0 Å². The number of cyclic esters (lactones) is 1. The molecule has 0 aliphatic carbocycles. The Hall–Kier alpha value is -1.38. The van der Waals surface area contributed by atoms with Crippen molar-refractivity contribution in [3.05, 3.63) is 24.3 Å². The van der Waals surface area contributed by atoms with Gasteiger partial charge in [-0.2, -0.15) is 0 Å². The molecule has 2 atom stereocenters. The van der Waals surface area contributed by atoms with Gasteiger partial charge in [0.2, 0.25) is 0 Å². The third kappa shape index (κ3) is 8.02. The van der Waals surface area contributed by atoms with Gasteiger partial charge >= 0.3 is 5.97 Å². The lowest BCUT2D eigenvalue weighted by Gasteiger charge is -2.29. The third-order valence-corrected chi connectivity index (χ3v) is 5.27. The lowest BCUT2D eigenvalue weighted by Crippen LogP contribution is -2.32. The van der Waals surface area contributed by atoms with Crippen molar-refractivity contribution in [1.29, 1.82) is 0 Å². The van der Waals surface area contributed by atoms with Crippen LogP contribution in [0.5, 0.6) is 0 Å². The summed E-state index contributed by atoms with van der Waals surface area (Å²) in [4.78, 5) is 25.0. The Balaban J connectivity index is 2.88. The lowest BCUT2D eigenvalue weighted by atomic mass is 9.74. The summed E-state index contributed by atoms with van der Waals surface area (Å²) in [6.45, 7) is 12.6. The van der Waals surface area contributed by atoms with Crippen LogP contribution in [0.25, 0.3) is 0 Å². The number of ether oxygens (including phenoxy) is 1. The molecule has 1 aliphatic heterocycles. The van der Waals surface area contributed by atoms with E-state index in [1.54, 1.807) is 0 Å². The van der Waals surface area contributed by atoms with E-state index in [9.17, 15) is 9.59 Å². The first kappa shape index (κ1) is 21.7. The van der Waals surface area contributed by atoms with Gasteiger partial charge in [0.25, 0.3) is 0 Å². The Kier molecular flexibility index (Phi) is 9.16. The second kappa shape index (κ2) is 10.6. The predicted molar refractivity (Wildman–Crippen MR) is 103 cm³/mol. The number of carbonyl (C=O) groups excluding carboxylic acids is 2. The SMILES string of the molecule is C=CCC1CC(C)CCC/C(C)=C/CCOC(=O)CCC(C)(C)C1=O. The highest BCUT2D eigenvalue weighted by molar-refractivity contribution is 5.87. The van der Waals surface area contributed by atoms with Crippen molar-refractivity contribution >= 4 is 11.8 Å². The van der Waals surface area contributed by atoms with Crippen LogP contribution in [0.3, 0.4) is 0 Å². The molecule has 1 aliphatic rings. The maximum atomic E-state index is 13.0. The summed E-state index contributed by atoms with van der Waals surface area (Å²) >= 11 is 0. The molecule has 0 aromatic heterocycles. The first-order valence-electron chi connectivity index (χ1n) is 9.72. The average molecular weight is 349 g/mol. The van der Waals surface area contributed by atoms with Crippen LogP contribution in [-0.4, -0.2) is 18.4 Å². The molecule has 0 radical (unpaired) electrons. The van der Waals surface area contributed by atoms with Crippen molar-refractivity contribution in [1.82, 2.24) is 0 Å². The molecule has 3 nitrogen and oxygen atoms in total. The first-order valence-corrected chi connectivity index (χ1v) is 9.72. The van der Waals surface area contributed by atoms with Gasteiger partial charge in [-0.05, 0) is 51.4 Å². The largest absolute Gasteiger partial charge is 0.465 e. The van der Waals surface area contributed by atoms with Gasteiger partial charge < -0.3 is 4.74 Å². The van der Waals surface area contributed by atoms with Crippen molar-refractivity contribution in [2.24, 2.45) is 17.3 Å². The van der Waals surface area contributed by atoms with Gasteiger partial charge in [0.05, 0.1) is 6.61 Å². The van der Waals surface area contributed by atoms with Crippen LogP contribution in [-0.2, 0) is 14.3 Å². The highest BCUT2D eigenvalue weighted by Crippen LogP contribution is 2.33. The fourth-order valence-corrected chi connectivity index (χ4v) is 3.59. The Bertz CT molecular complexity index is 488. The Morgan fingerprint density at radius 1 is 1.32 bits per heavy atom. The van der Waals surface area contributed by atoms with Crippen molar-refractivity contribution < 1.29 is 14.3 Å². The molecule has 142 valence electrons. The summed E-state index contributed by atoms with van der Waals surface area (Å²) in [6.07, 6.45) is 10.6. The van der Waals surface area contributed by atoms with E-state index in [1.807, 2.05) is 19.9 Å². The van der Waals surface area contributed by atoms with Crippen molar-refractivity contribution in [3.63, 3.8) is 0 Å². The maximum Gasteiger partial charge on any atom is 0.305 e. The highest BCUT2D eigenvalue weighted by Gasteiger charge is 2.34. The summed E-state index contributed by atoms with van der Waals surface area (Å²) in [5.41, 5.74) is 0.857. The van der Waals surface area contributed by atoms with Crippen LogP contribution < -0.4 is 0 Å². The van der Waals surface area contributed by atoms with Crippen LogP contribution in [0.1, 0.15) is 79.1 Å². The highest BCUT2D eigenvalue weighted by atomic mass is 16.5. The molecule has 1 heterocycles. The summed E-state index contributed by atoms with van der Waals surface area (Å²) in [5, 5.41) is 0. The van der Waals surface area contributed by atoms with Gasteiger partial charge in [0.15, 0.2) is 0 Å². The normalized spacial score (nSPS) is 29.4. The Morgan fingerprint density at radius 2 is 2.04 bits per heavy atom. The molecule has 0 bridgehead atoms. The minimum Gasteiger partial charge on any atom is -0.465 e. The zero-order valence-corrected chi connectivity index (χ0v) is 16.6. The Labute approximate surface area is 153 Å². The van der Waals surface area contributed by atoms with Crippen molar-refractivity contribution in [2.45, 2.75) is 79.1 Å². The third-order valence-electron chi connectivity index (χ3n) is 5.27. The van der Waals surface area contributed by atoms with E-state index in [0.717, 1.165) is 38.5 Å². The summed E-state index contributed by atoms with van der Waals surface area (Å²) in [7, 11) is 0. The number of esters is 1. The summed E-state index contributed by atoms with van der Waals surface area (Å²) in [5.74, 6) is 0.585. The molecule has 2 unspecified atom stereocenters. The molecule has 0 aromatic rings. The molecular weight excluding hydrogens is 312 g/mol. The standard InChI is InChI=1S/C22H36O3/c1-6-9-19-16-18(3)11-7-10-17(2)12-8-15-25-20(23)13-14-22(4,5)21(19)24/h6,12,18-19H,1,7-11,13-16H2,2-5H3/b17-12+. The number of hydrogen-bond acceptors (Lipinski definition) is 3. The molecule has 0 aromatic carbocycles. The fraction of sp³-hybridized carbons (Fsp3) is 0.727. The monoisotopic (exact) mass is 348 g/mol. The molecule has 0 saturated carbocycles. The number of Topliss-reactive ketones (excluding diaryl/α,β-unsaturated/α-hetero) is 1. The second-order valence-electron chi connectivity index (χ2n) is 8.26. The van der Waals surface area contributed by atoms with Gasteiger partial charge in [0, 0.05) is 17.8 Å². The van der Waals surface area contributed by atoms with E-state index < -0.39 is 5.41 Å². The van der Waals surface area contributed by atoms with E-state index in [1.165, 1.54) is 5.57 Å². The van der Waals surface area contributed by atoms with Crippen LogP contribution in [0.4, 0.5) is 0 Å². The smallest absolute Gasteiger partial charge is 0.305 e. The minimum absolute atomic E-state index is 0.00284. The van der Waals surface area contributed by atoms with Crippen LogP contribution in [0.15, 0.2) is 24.3 Å². The van der Waals surface area contributed by atoms with E-state index in [4.69, 9.17) is 4.74 Å². The first-order chi connectivity index (χ1) is 11.8. The maximum absolute atomic E-state index is 13.0. The summed E-state index contributed by atoms with van der Waals surface area (Å²) < 4.78 is 5.30. The number of ketones is 1. The van der Waals surface area contributed by atoms with Gasteiger partial charge in [-0.15, -0.1) is 6.58 Å².